The van der Waals surface area contributed by atoms with Gasteiger partial charge in [0, 0.05) is 6.07 Å². The minimum Gasteiger partial charge on any atom is -0.393 e. The van der Waals surface area contributed by atoms with Crippen molar-refractivity contribution in [1.82, 2.24) is 0 Å². The minimum atomic E-state index is -0.443. The summed E-state index contributed by atoms with van der Waals surface area (Å²) in [5, 5.41) is 10.6. The molecule has 4 heteroatoms. The fourth-order valence-electron chi connectivity index (χ4n) is 1.26. The van der Waals surface area contributed by atoms with Gasteiger partial charge in [-0.25, -0.2) is 0 Å². The lowest BCUT2D eigenvalue weighted by Gasteiger charge is -2.08. The lowest BCUT2D eigenvalue weighted by atomic mass is 9.98. The Morgan fingerprint density at radius 1 is 1.57 bits per heavy atom. The molecule has 0 saturated heterocycles. The van der Waals surface area contributed by atoms with Gasteiger partial charge in [-0.2, -0.15) is 0 Å². The number of benzene rings is 1. The fraction of sp³-hybridized carbons (Fsp3) is 0.400. The van der Waals surface area contributed by atoms with Gasteiger partial charge in [-0.05, 0) is 24.0 Å². The highest BCUT2D eigenvalue weighted by molar-refractivity contribution is 5.59. The summed E-state index contributed by atoms with van der Waals surface area (Å²) in [7, 11) is 0. The molecule has 14 heavy (non-hydrogen) atoms. The van der Waals surface area contributed by atoms with Crippen molar-refractivity contribution in [1.29, 1.82) is 0 Å². The van der Waals surface area contributed by atoms with Crippen LogP contribution in [0.15, 0.2) is 18.2 Å². The van der Waals surface area contributed by atoms with Crippen LogP contribution in [0.25, 0.3) is 0 Å². The third-order valence-electron chi connectivity index (χ3n) is 2.43. The first kappa shape index (κ1) is 10.5. The second-order valence-electron chi connectivity index (χ2n) is 3.38. The molecule has 1 aromatic carbocycles. The Bertz CT molecular complexity index is 350. The number of hydrogen-bond acceptors (Lipinski definition) is 3. The van der Waals surface area contributed by atoms with Crippen LogP contribution < -0.4 is 5.73 Å². The molecule has 0 saturated carbocycles. The number of hydrogen-bond donors (Lipinski definition) is 1. The van der Waals surface area contributed by atoms with E-state index < -0.39 is 4.92 Å². The summed E-state index contributed by atoms with van der Waals surface area (Å²) in [6, 6.07) is 5.00. The SMILES string of the molecule is CCC(C)c1ccc(N)c([N+](=O)[O-])c1. The molecule has 0 fully saturated rings. The Morgan fingerprint density at radius 2 is 2.21 bits per heavy atom. The van der Waals surface area contributed by atoms with E-state index in [1.807, 2.05) is 19.9 Å². The Hall–Kier alpha value is -1.58. The van der Waals surface area contributed by atoms with Gasteiger partial charge in [0.05, 0.1) is 4.92 Å². The number of nitro groups is 1. The lowest BCUT2D eigenvalue weighted by molar-refractivity contribution is -0.384. The van der Waals surface area contributed by atoms with Crippen molar-refractivity contribution in [3.8, 4) is 0 Å². The summed E-state index contributed by atoms with van der Waals surface area (Å²) in [6.45, 7) is 4.09. The van der Waals surface area contributed by atoms with Gasteiger partial charge in [0.1, 0.15) is 5.69 Å². The van der Waals surface area contributed by atoms with Crippen LogP contribution in [0.2, 0.25) is 0 Å². The zero-order valence-electron chi connectivity index (χ0n) is 8.36. The molecule has 0 heterocycles. The minimum absolute atomic E-state index is 0.00259. The topological polar surface area (TPSA) is 69.2 Å². The van der Waals surface area contributed by atoms with E-state index in [4.69, 9.17) is 5.73 Å². The standard InChI is InChI=1S/C10H14N2O2/c1-3-7(2)8-4-5-9(11)10(6-8)12(13)14/h4-7H,3,11H2,1-2H3. The number of nitrogen functional groups attached to an aromatic ring is 1. The van der Waals surface area contributed by atoms with Crippen molar-refractivity contribution in [2.24, 2.45) is 0 Å². The third kappa shape index (κ3) is 2.02. The molecule has 0 amide bonds. The van der Waals surface area contributed by atoms with Gasteiger partial charge in [-0.15, -0.1) is 0 Å². The van der Waals surface area contributed by atoms with E-state index in [-0.39, 0.29) is 11.4 Å². The lowest BCUT2D eigenvalue weighted by Crippen LogP contribution is -1.98. The van der Waals surface area contributed by atoms with Crippen LogP contribution in [0.3, 0.4) is 0 Å². The highest BCUT2D eigenvalue weighted by Crippen LogP contribution is 2.27. The van der Waals surface area contributed by atoms with E-state index in [1.54, 1.807) is 12.1 Å². The molecule has 0 spiro atoms. The second kappa shape index (κ2) is 4.09. The summed E-state index contributed by atoms with van der Waals surface area (Å²) < 4.78 is 0. The molecule has 0 aromatic heterocycles. The summed E-state index contributed by atoms with van der Waals surface area (Å²) in [5.41, 5.74) is 6.68. The van der Waals surface area contributed by atoms with Gasteiger partial charge >= 0.3 is 0 Å². The van der Waals surface area contributed by atoms with Crippen LogP contribution in [0.1, 0.15) is 31.7 Å². The zero-order valence-corrected chi connectivity index (χ0v) is 8.36. The van der Waals surface area contributed by atoms with Gasteiger partial charge < -0.3 is 5.73 Å². The number of nitro benzene ring substituents is 1. The molecule has 1 atom stereocenters. The Labute approximate surface area is 82.9 Å². The van der Waals surface area contributed by atoms with Crippen LogP contribution in [0, 0.1) is 10.1 Å². The molecular formula is C10H14N2O2. The molecule has 0 aliphatic carbocycles. The number of anilines is 1. The van der Waals surface area contributed by atoms with E-state index in [2.05, 4.69) is 0 Å². The van der Waals surface area contributed by atoms with Crippen LogP contribution in [-0.2, 0) is 0 Å². The molecular weight excluding hydrogens is 180 g/mol. The maximum atomic E-state index is 10.6. The molecule has 4 nitrogen and oxygen atoms in total. The van der Waals surface area contributed by atoms with Crippen LogP contribution in [0.5, 0.6) is 0 Å². The molecule has 0 radical (unpaired) electrons. The van der Waals surface area contributed by atoms with Crippen molar-refractivity contribution in [3.63, 3.8) is 0 Å². The van der Waals surface area contributed by atoms with Crippen molar-refractivity contribution in [2.45, 2.75) is 26.2 Å². The van der Waals surface area contributed by atoms with E-state index in [0.29, 0.717) is 5.92 Å². The first-order valence-corrected chi connectivity index (χ1v) is 4.60. The molecule has 1 unspecified atom stereocenters. The van der Waals surface area contributed by atoms with Crippen LogP contribution in [-0.4, -0.2) is 4.92 Å². The maximum absolute atomic E-state index is 10.6. The molecule has 2 N–H and O–H groups in total. The van der Waals surface area contributed by atoms with E-state index in [9.17, 15) is 10.1 Å². The second-order valence-corrected chi connectivity index (χ2v) is 3.38. The maximum Gasteiger partial charge on any atom is 0.292 e. The number of nitrogens with two attached hydrogens (primary N) is 1. The zero-order chi connectivity index (χ0) is 10.7. The van der Waals surface area contributed by atoms with E-state index in [0.717, 1.165) is 12.0 Å². The molecule has 76 valence electrons. The predicted octanol–water partition coefficient (Wildman–Crippen LogP) is 2.69. The van der Waals surface area contributed by atoms with Crippen molar-refractivity contribution < 1.29 is 4.92 Å². The fourth-order valence-corrected chi connectivity index (χ4v) is 1.26. The Kier molecular flexibility index (Phi) is 3.06. The Balaban J connectivity index is 3.12. The van der Waals surface area contributed by atoms with E-state index >= 15 is 0 Å². The smallest absolute Gasteiger partial charge is 0.292 e. The van der Waals surface area contributed by atoms with Crippen molar-refractivity contribution >= 4 is 11.4 Å². The molecule has 0 aliphatic rings. The predicted molar refractivity (Wildman–Crippen MR) is 56.2 cm³/mol. The normalized spacial score (nSPS) is 12.4. The Morgan fingerprint density at radius 3 is 2.71 bits per heavy atom. The first-order valence-electron chi connectivity index (χ1n) is 4.60. The third-order valence-corrected chi connectivity index (χ3v) is 2.43. The first-order chi connectivity index (χ1) is 6.56. The molecule has 0 bridgehead atoms. The van der Waals surface area contributed by atoms with E-state index in [1.165, 1.54) is 0 Å². The summed E-state index contributed by atoms with van der Waals surface area (Å²) >= 11 is 0. The molecule has 1 rings (SSSR count). The monoisotopic (exact) mass is 194 g/mol. The van der Waals surface area contributed by atoms with Gasteiger partial charge in [0.15, 0.2) is 0 Å². The molecule has 1 aromatic rings. The molecule has 0 aliphatic heterocycles. The number of nitrogens with zero attached hydrogens (tertiary/aromatic N) is 1. The average Bonchev–Trinajstić information content (AvgIpc) is 2.17. The highest BCUT2D eigenvalue weighted by Gasteiger charge is 2.13. The summed E-state index contributed by atoms with van der Waals surface area (Å²) in [5.74, 6) is 0.328. The van der Waals surface area contributed by atoms with Gasteiger partial charge in [-0.1, -0.05) is 19.9 Å². The van der Waals surface area contributed by atoms with Crippen LogP contribution in [0.4, 0.5) is 11.4 Å². The highest BCUT2D eigenvalue weighted by atomic mass is 16.6. The largest absolute Gasteiger partial charge is 0.393 e. The summed E-state index contributed by atoms with van der Waals surface area (Å²) in [6.07, 6.45) is 0.959. The van der Waals surface area contributed by atoms with Gasteiger partial charge in [0.2, 0.25) is 0 Å². The van der Waals surface area contributed by atoms with Gasteiger partial charge in [0.25, 0.3) is 5.69 Å². The summed E-state index contributed by atoms with van der Waals surface area (Å²) in [4.78, 5) is 10.2. The number of rotatable bonds is 3. The average molecular weight is 194 g/mol. The quantitative estimate of drug-likeness (QED) is 0.457. The van der Waals surface area contributed by atoms with Crippen LogP contribution >= 0.6 is 0 Å². The van der Waals surface area contributed by atoms with Gasteiger partial charge in [-0.3, -0.25) is 10.1 Å². The van der Waals surface area contributed by atoms with Crippen molar-refractivity contribution in [2.75, 3.05) is 5.73 Å². The van der Waals surface area contributed by atoms with Crippen molar-refractivity contribution in [3.05, 3.63) is 33.9 Å².